The third-order valence-corrected chi connectivity index (χ3v) is 4.42. The second kappa shape index (κ2) is 7.06. The van der Waals surface area contributed by atoms with Gasteiger partial charge in [0.05, 0.1) is 11.6 Å². The minimum atomic E-state index is -3.78. The van der Waals surface area contributed by atoms with Crippen LogP contribution in [-0.4, -0.2) is 39.9 Å². The molecule has 0 amide bonds. The van der Waals surface area contributed by atoms with Crippen LogP contribution in [0, 0.1) is 0 Å². The van der Waals surface area contributed by atoms with E-state index in [0.717, 1.165) is 0 Å². The summed E-state index contributed by atoms with van der Waals surface area (Å²) in [6.45, 7) is 0.0123. The number of aliphatic hydroxyl groups excluding tert-OH is 1. The minimum Gasteiger partial charge on any atom is -0.399 e. The quantitative estimate of drug-likeness (QED) is 0.640. The van der Waals surface area contributed by atoms with Crippen LogP contribution in [-0.2, 0) is 14.8 Å². The van der Waals surface area contributed by atoms with E-state index in [1.807, 2.05) is 0 Å². The summed E-state index contributed by atoms with van der Waals surface area (Å²) in [5.74, 6) is 0. The molecule has 0 aliphatic heterocycles. The zero-order valence-corrected chi connectivity index (χ0v) is 12.0. The number of halogens is 1. The molecule has 19 heavy (non-hydrogen) atoms. The lowest BCUT2D eigenvalue weighted by Crippen LogP contribution is -2.38. The van der Waals surface area contributed by atoms with Crippen LogP contribution in [0.15, 0.2) is 23.1 Å². The first kappa shape index (κ1) is 16.2. The van der Waals surface area contributed by atoms with E-state index in [2.05, 4.69) is 4.72 Å². The topological polar surface area (TPSA) is 102 Å². The lowest BCUT2D eigenvalue weighted by Gasteiger charge is -2.17. The molecule has 1 aromatic rings. The Hall–Kier alpha value is -0.860. The van der Waals surface area contributed by atoms with Crippen molar-refractivity contribution in [2.24, 2.45) is 0 Å². The van der Waals surface area contributed by atoms with Gasteiger partial charge in [0.25, 0.3) is 0 Å². The van der Waals surface area contributed by atoms with Crippen LogP contribution >= 0.6 is 11.6 Å². The maximum atomic E-state index is 12.2. The van der Waals surface area contributed by atoms with Crippen molar-refractivity contribution < 1.29 is 18.3 Å². The smallest absolute Gasteiger partial charge is 0.242 e. The number of rotatable bonds is 7. The SMILES string of the molecule is COCC(CCO)NS(=O)(=O)c1ccc(N)cc1Cl. The molecule has 0 aliphatic rings. The van der Waals surface area contributed by atoms with Crippen LogP contribution in [0.5, 0.6) is 0 Å². The molecule has 4 N–H and O–H groups in total. The van der Waals surface area contributed by atoms with Gasteiger partial charge in [-0.2, -0.15) is 0 Å². The molecule has 0 heterocycles. The van der Waals surface area contributed by atoms with Gasteiger partial charge in [0.15, 0.2) is 0 Å². The number of sulfonamides is 1. The number of ether oxygens (including phenoxy) is 1. The molecule has 0 aromatic heterocycles. The molecule has 1 unspecified atom stereocenters. The molecule has 1 rings (SSSR count). The van der Waals surface area contributed by atoms with Gasteiger partial charge in [-0.3, -0.25) is 0 Å². The summed E-state index contributed by atoms with van der Waals surface area (Å²) in [7, 11) is -2.33. The number of methoxy groups -OCH3 is 1. The van der Waals surface area contributed by atoms with E-state index in [1.165, 1.54) is 25.3 Å². The molecule has 0 aliphatic carbocycles. The van der Waals surface area contributed by atoms with E-state index in [1.54, 1.807) is 0 Å². The van der Waals surface area contributed by atoms with Crippen LogP contribution in [0.4, 0.5) is 5.69 Å². The number of nitrogen functional groups attached to an aromatic ring is 1. The molecule has 6 nitrogen and oxygen atoms in total. The Morgan fingerprint density at radius 3 is 2.74 bits per heavy atom. The Balaban J connectivity index is 2.96. The summed E-state index contributed by atoms with van der Waals surface area (Å²) in [5, 5.41) is 8.94. The zero-order valence-electron chi connectivity index (χ0n) is 10.5. The van der Waals surface area contributed by atoms with Crippen molar-refractivity contribution >= 4 is 27.3 Å². The summed E-state index contributed by atoms with van der Waals surface area (Å²) >= 11 is 5.87. The molecule has 0 saturated carbocycles. The number of nitrogens with two attached hydrogens (primary N) is 1. The molecule has 108 valence electrons. The monoisotopic (exact) mass is 308 g/mol. The predicted octanol–water partition coefficient (Wildman–Crippen LogP) is 0.598. The highest BCUT2D eigenvalue weighted by atomic mass is 35.5. The van der Waals surface area contributed by atoms with Crippen molar-refractivity contribution in [3.05, 3.63) is 23.2 Å². The minimum absolute atomic E-state index is 0.0488. The van der Waals surface area contributed by atoms with Crippen LogP contribution in [0.3, 0.4) is 0 Å². The van der Waals surface area contributed by atoms with Gasteiger partial charge in [-0.1, -0.05) is 11.6 Å². The second-order valence-electron chi connectivity index (χ2n) is 3.98. The molecule has 1 aromatic carbocycles. The van der Waals surface area contributed by atoms with E-state index in [4.69, 9.17) is 27.2 Å². The number of anilines is 1. The first-order valence-corrected chi connectivity index (χ1v) is 7.44. The molecule has 0 radical (unpaired) electrons. The molecule has 8 heteroatoms. The third kappa shape index (κ3) is 4.63. The number of hydrogen-bond acceptors (Lipinski definition) is 5. The predicted molar refractivity (Wildman–Crippen MR) is 73.6 cm³/mol. The normalized spacial score (nSPS) is 13.4. The molecule has 0 saturated heterocycles. The fourth-order valence-corrected chi connectivity index (χ4v) is 3.36. The van der Waals surface area contributed by atoms with Crippen LogP contribution in [0.1, 0.15) is 6.42 Å². The largest absolute Gasteiger partial charge is 0.399 e. The van der Waals surface area contributed by atoms with Gasteiger partial charge < -0.3 is 15.6 Å². The van der Waals surface area contributed by atoms with Gasteiger partial charge in [0.2, 0.25) is 10.0 Å². The summed E-state index contributed by atoms with van der Waals surface area (Å²) in [6, 6.07) is 3.64. The molecule has 0 fully saturated rings. The van der Waals surface area contributed by atoms with Gasteiger partial charge >= 0.3 is 0 Å². The van der Waals surface area contributed by atoms with Crippen molar-refractivity contribution in [2.75, 3.05) is 26.1 Å². The van der Waals surface area contributed by atoms with E-state index >= 15 is 0 Å². The Kier molecular flexibility index (Phi) is 6.02. The maximum absolute atomic E-state index is 12.2. The number of aliphatic hydroxyl groups is 1. The Bertz CT molecular complexity index is 515. The van der Waals surface area contributed by atoms with Crippen LogP contribution < -0.4 is 10.5 Å². The standard InChI is InChI=1S/C11H17ClN2O4S/c1-18-7-9(4-5-15)14-19(16,17)11-3-2-8(13)6-10(11)12/h2-3,6,9,14-15H,4-5,7,13H2,1H3. The fraction of sp³-hybridized carbons (Fsp3) is 0.455. The summed E-state index contributed by atoms with van der Waals surface area (Å²) in [4.78, 5) is -0.0533. The third-order valence-electron chi connectivity index (χ3n) is 2.41. The number of benzene rings is 1. The molecule has 0 bridgehead atoms. The summed E-state index contributed by atoms with van der Waals surface area (Å²) in [5.41, 5.74) is 5.90. The Labute approximate surface area is 117 Å². The van der Waals surface area contributed by atoms with Gasteiger partial charge in [0, 0.05) is 25.4 Å². The Morgan fingerprint density at radius 2 is 2.21 bits per heavy atom. The van der Waals surface area contributed by atoms with E-state index in [9.17, 15) is 8.42 Å². The highest BCUT2D eigenvalue weighted by Gasteiger charge is 2.22. The summed E-state index contributed by atoms with van der Waals surface area (Å²) in [6.07, 6.45) is 0.250. The van der Waals surface area contributed by atoms with Gasteiger partial charge in [-0.15, -0.1) is 0 Å². The summed E-state index contributed by atoms with van der Waals surface area (Å²) < 4.78 is 31.6. The maximum Gasteiger partial charge on any atom is 0.242 e. The number of nitrogens with one attached hydrogen (secondary N) is 1. The zero-order chi connectivity index (χ0) is 14.5. The van der Waals surface area contributed by atoms with Crippen LogP contribution in [0.25, 0.3) is 0 Å². The molecule has 0 spiro atoms. The average Bonchev–Trinajstić information content (AvgIpc) is 2.28. The van der Waals surface area contributed by atoms with Crippen molar-refractivity contribution in [3.63, 3.8) is 0 Å². The van der Waals surface area contributed by atoms with Crippen molar-refractivity contribution in [3.8, 4) is 0 Å². The Morgan fingerprint density at radius 1 is 1.53 bits per heavy atom. The number of hydrogen-bond donors (Lipinski definition) is 3. The van der Waals surface area contributed by atoms with E-state index < -0.39 is 16.1 Å². The van der Waals surface area contributed by atoms with Crippen molar-refractivity contribution in [1.82, 2.24) is 4.72 Å². The lowest BCUT2D eigenvalue weighted by atomic mass is 10.2. The fourth-order valence-electron chi connectivity index (χ4n) is 1.55. The average molecular weight is 309 g/mol. The first-order valence-electron chi connectivity index (χ1n) is 5.58. The van der Waals surface area contributed by atoms with Gasteiger partial charge in [-0.05, 0) is 24.6 Å². The van der Waals surface area contributed by atoms with E-state index in [-0.39, 0.29) is 29.6 Å². The van der Waals surface area contributed by atoms with E-state index in [0.29, 0.717) is 5.69 Å². The first-order chi connectivity index (χ1) is 8.90. The van der Waals surface area contributed by atoms with Crippen LogP contribution in [0.2, 0.25) is 5.02 Å². The molecular weight excluding hydrogens is 292 g/mol. The highest BCUT2D eigenvalue weighted by Crippen LogP contribution is 2.23. The van der Waals surface area contributed by atoms with Crippen molar-refractivity contribution in [2.45, 2.75) is 17.4 Å². The molecule has 1 atom stereocenters. The van der Waals surface area contributed by atoms with Gasteiger partial charge in [-0.25, -0.2) is 13.1 Å². The lowest BCUT2D eigenvalue weighted by molar-refractivity contribution is 0.158. The molecular formula is C11H17ClN2O4S. The van der Waals surface area contributed by atoms with Crippen molar-refractivity contribution in [1.29, 1.82) is 0 Å². The highest BCUT2D eigenvalue weighted by molar-refractivity contribution is 7.89. The van der Waals surface area contributed by atoms with Gasteiger partial charge in [0.1, 0.15) is 4.90 Å². The second-order valence-corrected chi connectivity index (χ2v) is 6.07.